The molecule has 1 fully saturated rings. The van der Waals surface area contributed by atoms with Crippen molar-refractivity contribution in [3.63, 3.8) is 0 Å². The molecule has 5 heteroatoms. The van der Waals surface area contributed by atoms with Gasteiger partial charge in [0.2, 0.25) is 5.95 Å². The first-order valence-electron chi connectivity index (χ1n) is 6.73. The molecule has 0 bridgehead atoms. The quantitative estimate of drug-likeness (QED) is 0.918. The zero-order valence-electron chi connectivity index (χ0n) is 11.0. The summed E-state index contributed by atoms with van der Waals surface area (Å²) in [6.45, 7) is 1.63. The van der Waals surface area contributed by atoms with Crippen LogP contribution < -0.4 is 4.90 Å². The number of hydrogen-bond donors (Lipinski definition) is 1. The molecule has 1 N–H and O–H groups in total. The molecular formula is C15H16BrN3O. The van der Waals surface area contributed by atoms with Gasteiger partial charge >= 0.3 is 0 Å². The molecule has 20 heavy (non-hydrogen) atoms. The van der Waals surface area contributed by atoms with Gasteiger partial charge in [-0.3, -0.25) is 0 Å². The Labute approximate surface area is 126 Å². The molecule has 2 heterocycles. The molecule has 1 aromatic carbocycles. The van der Waals surface area contributed by atoms with Crippen molar-refractivity contribution in [3.05, 3.63) is 41.1 Å². The molecule has 0 spiro atoms. The molecule has 0 aliphatic carbocycles. The average molecular weight is 334 g/mol. The van der Waals surface area contributed by atoms with Gasteiger partial charge in [0.05, 0.1) is 6.10 Å². The van der Waals surface area contributed by atoms with E-state index in [9.17, 15) is 5.11 Å². The Morgan fingerprint density at radius 3 is 2.45 bits per heavy atom. The molecule has 1 aromatic heterocycles. The third-order valence-corrected chi connectivity index (χ3v) is 4.04. The molecule has 3 rings (SSSR count). The summed E-state index contributed by atoms with van der Waals surface area (Å²) in [6, 6.07) is 8.09. The molecular weight excluding hydrogens is 318 g/mol. The first-order chi connectivity index (χ1) is 9.72. The maximum Gasteiger partial charge on any atom is 0.225 e. The largest absolute Gasteiger partial charge is 0.393 e. The monoisotopic (exact) mass is 333 g/mol. The Morgan fingerprint density at radius 2 is 1.80 bits per heavy atom. The Morgan fingerprint density at radius 1 is 1.10 bits per heavy atom. The highest BCUT2D eigenvalue weighted by Crippen LogP contribution is 2.23. The number of rotatable bonds is 2. The van der Waals surface area contributed by atoms with E-state index in [0.29, 0.717) is 0 Å². The van der Waals surface area contributed by atoms with E-state index in [1.807, 2.05) is 30.6 Å². The molecule has 4 nitrogen and oxygen atoms in total. The average Bonchev–Trinajstić information content (AvgIpc) is 2.48. The number of halogens is 1. The Hall–Kier alpha value is -1.46. The van der Waals surface area contributed by atoms with Crippen LogP contribution in [0.25, 0.3) is 11.1 Å². The van der Waals surface area contributed by atoms with Crippen molar-refractivity contribution in [2.24, 2.45) is 0 Å². The van der Waals surface area contributed by atoms with Gasteiger partial charge in [0.25, 0.3) is 0 Å². The molecule has 0 radical (unpaired) electrons. The molecule has 0 saturated carbocycles. The number of anilines is 1. The predicted molar refractivity (Wildman–Crippen MR) is 82.6 cm³/mol. The highest BCUT2D eigenvalue weighted by Gasteiger charge is 2.18. The molecule has 1 aliphatic rings. The van der Waals surface area contributed by atoms with Crippen LogP contribution in [0.5, 0.6) is 0 Å². The minimum atomic E-state index is -0.174. The number of piperidine rings is 1. The van der Waals surface area contributed by atoms with E-state index in [2.05, 4.69) is 36.9 Å². The Bertz CT molecular complexity index is 580. The highest BCUT2D eigenvalue weighted by molar-refractivity contribution is 9.10. The molecule has 104 valence electrons. The number of aromatic nitrogens is 2. The van der Waals surface area contributed by atoms with Gasteiger partial charge in [-0.25, -0.2) is 9.97 Å². The van der Waals surface area contributed by atoms with Gasteiger partial charge in [0, 0.05) is 35.5 Å². The summed E-state index contributed by atoms with van der Waals surface area (Å²) in [4.78, 5) is 11.0. The smallest absolute Gasteiger partial charge is 0.225 e. The maximum atomic E-state index is 9.52. The Kier molecular flexibility index (Phi) is 3.98. The summed E-state index contributed by atoms with van der Waals surface area (Å²) < 4.78 is 1.05. The first kappa shape index (κ1) is 13.5. The summed E-state index contributed by atoms with van der Waals surface area (Å²) in [7, 11) is 0. The molecule has 1 aliphatic heterocycles. The van der Waals surface area contributed by atoms with E-state index < -0.39 is 0 Å². The number of aliphatic hydroxyl groups excluding tert-OH is 1. The standard InChI is InChI=1S/C15H16BrN3O/c16-13-3-1-2-11(8-13)12-9-17-15(18-10-12)19-6-4-14(20)5-7-19/h1-3,8-10,14,20H,4-7H2. The summed E-state index contributed by atoms with van der Waals surface area (Å²) in [5, 5.41) is 9.52. The second-order valence-electron chi connectivity index (χ2n) is 5.00. The van der Waals surface area contributed by atoms with Crippen molar-refractivity contribution in [1.82, 2.24) is 9.97 Å². The lowest BCUT2D eigenvalue weighted by molar-refractivity contribution is 0.145. The van der Waals surface area contributed by atoms with E-state index >= 15 is 0 Å². The number of hydrogen-bond acceptors (Lipinski definition) is 4. The summed E-state index contributed by atoms with van der Waals surface area (Å²) in [5.41, 5.74) is 2.10. The van der Waals surface area contributed by atoms with E-state index in [1.165, 1.54) is 0 Å². The van der Waals surface area contributed by atoms with Crippen LogP contribution in [0.2, 0.25) is 0 Å². The third kappa shape index (κ3) is 2.99. The van der Waals surface area contributed by atoms with Crippen LogP contribution in [-0.4, -0.2) is 34.3 Å². The minimum Gasteiger partial charge on any atom is -0.393 e. The fraction of sp³-hybridized carbons (Fsp3) is 0.333. The van der Waals surface area contributed by atoms with Crippen molar-refractivity contribution in [3.8, 4) is 11.1 Å². The van der Waals surface area contributed by atoms with Gasteiger partial charge in [0.15, 0.2) is 0 Å². The van der Waals surface area contributed by atoms with Crippen LogP contribution in [0.15, 0.2) is 41.1 Å². The third-order valence-electron chi connectivity index (χ3n) is 3.54. The lowest BCUT2D eigenvalue weighted by Gasteiger charge is -2.29. The lowest BCUT2D eigenvalue weighted by Crippen LogP contribution is -2.36. The number of aliphatic hydroxyl groups is 1. The molecule has 2 aromatic rings. The van der Waals surface area contributed by atoms with Gasteiger partial charge in [-0.1, -0.05) is 28.1 Å². The number of benzene rings is 1. The van der Waals surface area contributed by atoms with Gasteiger partial charge in [-0.15, -0.1) is 0 Å². The SMILES string of the molecule is OC1CCN(c2ncc(-c3cccc(Br)c3)cn2)CC1. The maximum absolute atomic E-state index is 9.52. The predicted octanol–water partition coefficient (Wildman–Crippen LogP) is 2.87. The molecule has 1 saturated heterocycles. The van der Waals surface area contributed by atoms with Gasteiger partial charge in [-0.2, -0.15) is 0 Å². The van der Waals surface area contributed by atoms with Crippen LogP contribution in [0, 0.1) is 0 Å². The fourth-order valence-corrected chi connectivity index (χ4v) is 2.77. The van der Waals surface area contributed by atoms with E-state index in [0.717, 1.165) is 47.5 Å². The zero-order chi connectivity index (χ0) is 13.9. The number of nitrogens with zero attached hydrogens (tertiary/aromatic N) is 3. The first-order valence-corrected chi connectivity index (χ1v) is 7.53. The summed E-state index contributed by atoms with van der Waals surface area (Å²) >= 11 is 3.47. The van der Waals surface area contributed by atoms with Gasteiger partial charge in [0.1, 0.15) is 0 Å². The molecule has 0 amide bonds. The topological polar surface area (TPSA) is 49.2 Å². The Balaban J connectivity index is 1.78. The van der Waals surface area contributed by atoms with Crippen molar-refractivity contribution in [1.29, 1.82) is 0 Å². The van der Waals surface area contributed by atoms with E-state index in [-0.39, 0.29) is 6.10 Å². The van der Waals surface area contributed by atoms with Crippen LogP contribution in [0.3, 0.4) is 0 Å². The van der Waals surface area contributed by atoms with Crippen LogP contribution >= 0.6 is 15.9 Å². The van der Waals surface area contributed by atoms with E-state index in [4.69, 9.17) is 0 Å². The van der Waals surface area contributed by atoms with Crippen molar-refractivity contribution < 1.29 is 5.11 Å². The van der Waals surface area contributed by atoms with Crippen LogP contribution in [0.1, 0.15) is 12.8 Å². The van der Waals surface area contributed by atoms with Gasteiger partial charge in [-0.05, 0) is 30.5 Å². The van der Waals surface area contributed by atoms with Crippen molar-refractivity contribution in [2.75, 3.05) is 18.0 Å². The normalized spacial score (nSPS) is 16.4. The fourth-order valence-electron chi connectivity index (χ4n) is 2.37. The summed E-state index contributed by atoms with van der Waals surface area (Å²) in [6.07, 6.45) is 5.12. The lowest BCUT2D eigenvalue weighted by atomic mass is 10.1. The zero-order valence-corrected chi connectivity index (χ0v) is 12.6. The summed E-state index contributed by atoms with van der Waals surface area (Å²) in [5.74, 6) is 0.746. The second kappa shape index (κ2) is 5.89. The molecule has 0 unspecified atom stereocenters. The van der Waals surface area contributed by atoms with Gasteiger partial charge < -0.3 is 10.0 Å². The molecule has 0 atom stereocenters. The van der Waals surface area contributed by atoms with E-state index in [1.54, 1.807) is 0 Å². The van der Waals surface area contributed by atoms with Crippen molar-refractivity contribution in [2.45, 2.75) is 18.9 Å². The minimum absolute atomic E-state index is 0.174. The second-order valence-corrected chi connectivity index (χ2v) is 5.92. The van der Waals surface area contributed by atoms with Crippen LogP contribution in [0.4, 0.5) is 5.95 Å². The van der Waals surface area contributed by atoms with Crippen LogP contribution in [-0.2, 0) is 0 Å². The van der Waals surface area contributed by atoms with Crippen molar-refractivity contribution >= 4 is 21.9 Å². The highest BCUT2D eigenvalue weighted by atomic mass is 79.9.